The number of rotatable bonds is 9. The topological polar surface area (TPSA) is 74.6 Å². The monoisotopic (exact) mass is 495 g/mol. The summed E-state index contributed by atoms with van der Waals surface area (Å²) in [4.78, 5) is 16.3. The van der Waals surface area contributed by atoms with Gasteiger partial charge >= 0.3 is 0 Å². The molecule has 0 aromatic heterocycles. The van der Waals surface area contributed by atoms with Gasteiger partial charge in [-0.05, 0) is 85.3 Å². The summed E-state index contributed by atoms with van der Waals surface area (Å²) >= 11 is 0. The average molecular weight is 496 g/mol. The van der Waals surface area contributed by atoms with Gasteiger partial charge in [0.25, 0.3) is 5.91 Å². The molecule has 5 rings (SSSR count). The molecule has 2 atom stereocenters. The predicted molar refractivity (Wildman–Crippen MR) is 145 cm³/mol. The second-order valence-corrected chi connectivity index (χ2v) is 9.94. The number of anilines is 1. The van der Waals surface area contributed by atoms with E-state index in [2.05, 4.69) is 17.5 Å². The van der Waals surface area contributed by atoms with Crippen LogP contribution in [0, 0.1) is 17.2 Å². The third-order valence-electron chi connectivity index (χ3n) is 7.46. The zero-order chi connectivity index (χ0) is 25.8. The molecule has 1 N–H and O–H groups in total. The SMILES string of the molecule is COc1ccc(C(=O)N(c2cccc(-c3cccc(C#N)c3)c2)C(CC2CC2)C2CCCN2)cc1OC. The molecule has 37 heavy (non-hydrogen) atoms. The highest BCUT2D eigenvalue weighted by Gasteiger charge is 2.38. The Bertz CT molecular complexity index is 1310. The maximum Gasteiger partial charge on any atom is 0.258 e. The Hall–Kier alpha value is -3.82. The lowest BCUT2D eigenvalue weighted by Crippen LogP contribution is -2.51. The number of benzene rings is 3. The minimum atomic E-state index is -0.0526. The Morgan fingerprint density at radius 2 is 1.76 bits per heavy atom. The smallest absolute Gasteiger partial charge is 0.258 e. The average Bonchev–Trinajstić information content (AvgIpc) is 3.61. The Kier molecular flexibility index (Phi) is 7.43. The summed E-state index contributed by atoms with van der Waals surface area (Å²) in [7, 11) is 3.18. The third-order valence-corrected chi connectivity index (χ3v) is 7.46. The molecule has 1 amide bonds. The van der Waals surface area contributed by atoms with E-state index in [1.165, 1.54) is 12.8 Å². The van der Waals surface area contributed by atoms with Crippen LogP contribution in [0.25, 0.3) is 11.1 Å². The fraction of sp³-hybridized carbons (Fsp3) is 0.355. The Morgan fingerprint density at radius 3 is 2.43 bits per heavy atom. The third kappa shape index (κ3) is 5.47. The molecule has 1 aliphatic carbocycles. The van der Waals surface area contributed by atoms with E-state index in [0.29, 0.717) is 28.5 Å². The molecule has 3 aromatic carbocycles. The van der Waals surface area contributed by atoms with E-state index in [4.69, 9.17) is 9.47 Å². The highest BCUT2D eigenvalue weighted by molar-refractivity contribution is 6.07. The van der Waals surface area contributed by atoms with Crippen LogP contribution in [0.5, 0.6) is 11.5 Å². The van der Waals surface area contributed by atoms with Crippen molar-refractivity contribution < 1.29 is 14.3 Å². The zero-order valence-electron chi connectivity index (χ0n) is 21.4. The van der Waals surface area contributed by atoms with Gasteiger partial charge in [0.05, 0.1) is 31.9 Å². The molecule has 1 saturated carbocycles. The van der Waals surface area contributed by atoms with Crippen LogP contribution in [-0.2, 0) is 0 Å². The first-order valence-corrected chi connectivity index (χ1v) is 13.0. The van der Waals surface area contributed by atoms with Crippen LogP contribution in [0.15, 0.2) is 66.7 Å². The molecule has 6 heteroatoms. The normalized spacial score (nSPS) is 17.6. The van der Waals surface area contributed by atoms with Crippen LogP contribution in [0.1, 0.15) is 48.0 Å². The van der Waals surface area contributed by atoms with Gasteiger partial charge < -0.3 is 19.7 Å². The minimum absolute atomic E-state index is 0.0382. The summed E-state index contributed by atoms with van der Waals surface area (Å²) in [5.41, 5.74) is 3.97. The summed E-state index contributed by atoms with van der Waals surface area (Å²) in [6, 6.07) is 23.6. The van der Waals surface area contributed by atoms with Crippen molar-refractivity contribution in [3.05, 3.63) is 77.9 Å². The molecule has 1 aliphatic heterocycles. The Morgan fingerprint density at radius 1 is 1.00 bits per heavy atom. The lowest BCUT2D eigenvalue weighted by atomic mass is 9.95. The van der Waals surface area contributed by atoms with E-state index in [-0.39, 0.29) is 18.0 Å². The van der Waals surface area contributed by atoms with Crippen LogP contribution in [0.2, 0.25) is 0 Å². The Labute approximate surface area is 218 Å². The van der Waals surface area contributed by atoms with Crippen molar-refractivity contribution >= 4 is 11.6 Å². The van der Waals surface area contributed by atoms with E-state index >= 15 is 0 Å². The molecule has 2 aliphatic rings. The first-order chi connectivity index (χ1) is 18.1. The van der Waals surface area contributed by atoms with Gasteiger partial charge in [0.15, 0.2) is 11.5 Å². The van der Waals surface area contributed by atoms with Crippen molar-refractivity contribution in [3.8, 4) is 28.7 Å². The predicted octanol–water partition coefficient (Wildman–Crippen LogP) is 5.81. The van der Waals surface area contributed by atoms with Crippen LogP contribution < -0.4 is 19.7 Å². The van der Waals surface area contributed by atoms with Gasteiger partial charge in [0, 0.05) is 17.3 Å². The lowest BCUT2D eigenvalue weighted by molar-refractivity contribution is 0.0968. The number of nitrogens with zero attached hydrogens (tertiary/aromatic N) is 2. The van der Waals surface area contributed by atoms with Crippen molar-refractivity contribution in [1.29, 1.82) is 5.26 Å². The quantitative estimate of drug-likeness (QED) is 0.405. The van der Waals surface area contributed by atoms with Gasteiger partial charge in [0.1, 0.15) is 0 Å². The van der Waals surface area contributed by atoms with E-state index < -0.39 is 0 Å². The fourth-order valence-corrected chi connectivity index (χ4v) is 5.36. The van der Waals surface area contributed by atoms with Gasteiger partial charge in [-0.3, -0.25) is 4.79 Å². The molecule has 190 valence electrons. The summed E-state index contributed by atoms with van der Waals surface area (Å²) in [5.74, 6) is 1.73. The highest BCUT2D eigenvalue weighted by atomic mass is 16.5. The van der Waals surface area contributed by atoms with Crippen LogP contribution in [0.3, 0.4) is 0 Å². The maximum atomic E-state index is 14.3. The van der Waals surface area contributed by atoms with Crippen LogP contribution in [-0.4, -0.2) is 38.8 Å². The van der Waals surface area contributed by atoms with E-state index in [9.17, 15) is 10.1 Å². The van der Waals surface area contributed by atoms with E-state index in [1.54, 1.807) is 32.4 Å². The fourth-order valence-electron chi connectivity index (χ4n) is 5.36. The number of hydrogen-bond acceptors (Lipinski definition) is 5. The number of amides is 1. The molecule has 6 nitrogen and oxygen atoms in total. The molecule has 2 unspecified atom stereocenters. The number of methoxy groups -OCH3 is 2. The van der Waals surface area contributed by atoms with Crippen molar-refractivity contribution in [1.82, 2.24) is 5.32 Å². The molecule has 0 bridgehead atoms. The van der Waals surface area contributed by atoms with E-state index in [0.717, 1.165) is 42.6 Å². The first kappa shape index (κ1) is 24.9. The lowest BCUT2D eigenvalue weighted by Gasteiger charge is -2.36. The second-order valence-electron chi connectivity index (χ2n) is 9.94. The Balaban J connectivity index is 1.59. The number of nitriles is 1. The summed E-state index contributed by atoms with van der Waals surface area (Å²) in [5, 5.41) is 13.1. The number of hydrogen-bond donors (Lipinski definition) is 1. The van der Waals surface area contributed by atoms with Crippen LogP contribution >= 0.6 is 0 Å². The van der Waals surface area contributed by atoms with E-state index in [1.807, 2.05) is 47.4 Å². The highest BCUT2D eigenvalue weighted by Crippen LogP contribution is 2.39. The summed E-state index contributed by atoms with van der Waals surface area (Å²) in [6.45, 7) is 0.977. The van der Waals surface area contributed by atoms with Crippen LogP contribution in [0.4, 0.5) is 5.69 Å². The van der Waals surface area contributed by atoms with Crippen molar-refractivity contribution in [3.63, 3.8) is 0 Å². The largest absolute Gasteiger partial charge is 0.493 e. The summed E-state index contributed by atoms with van der Waals surface area (Å²) < 4.78 is 10.9. The molecule has 0 radical (unpaired) electrons. The van der Waals surface area contributed by atoms with Gasteiger partial charge in [-0.2, -0.15) is 5.26 Å². The number of carbonyl (C=O) groups excluding carboxylic acids is 1. The van der Waals surface area contributed by atoms with Gasteiger partial charge in [0.2, 0.25) is 0 Å². The second kappa shape index (κ2) is 11.1. The number of ether oxygens (including phenoxy) is 2. The van der Waals surface area contributed by atoms with Crippen molar-refractivity contribution in [2.75, 3.05) is 25.7 Å². The molecule has 3 aromatic rings. The standard InChI is InChI=1S/C31H33N3O3/c1-36-29-14-13-25(19-30(29)37-2)31(35)34(28(17-21-11-12-21)27-10-5-15-33-27)26-9-4-8-24(18-26)23-7-3-6-22(16-23)20-32/h3-4,6-9,13-14,16,18-19,21,27-28,33H,5,10-12,15,17H2,1-2H3. The minimum Gasteiger partial charge on any atom is -0.493 e. The molecular formula is C31H33N3O3. The first-order valence-electron chi connectivity index (χ1n) is 13.0. The van der Waals surface area contributed by atoms with Gasteiger partial charge in [-0.15, -0.1) is 0 Å². The molecule has 1 saturated heterocycles. The van der Waals surface area contributed by atoms with Crippen molar-refractivity contribution in [2.24, 2.45) is 5.92 Å². The molecule has 0 spiro atoms. The maximum absolute atomic E-state index is 14.3. The molecule has 2 fully saturated rings. The summed E-state index contributed by atoms with van der Waals surface area (Å²) in [6.07, 6.45) is 5.60. The van der Waals surface area contributed by atoms with Gasteiger partial charge in [-0.25, -0.2) is 0 Å². The zero-order valence-corrected chi connectivity index (χ0v) is 21.4. The van der Waals surface area contributed by atoms with Crippen molar-refractivity contribution in [2.45, 2.75) is 44.2 Å². The molecular weight excluding hydrogens is 462 g/mol. The molecule has 1 heterocycles. The number of nitrogens with one attached hydrogen (secondary N) is 1. The van der Waals surface area contributed by atoms with Gasteiger partial charge in [-0.1, -0.05) is 37.1 Å². The number of carbonyl (C=O) groups is 1.